The van der Waals surface area contributed by atoms with Crippen molar-refractivity contribution in [3.05, 3.63) is 73.5 Å². The van der Waals surface area contributed by atoms with Gasteiger partial charge in [0.2, 0.25) is 5.91 Å². The van der Waals surface area contributed by atoms with Gasteiger partial charge in [0.25, 0.3) is 5.69 Å². The Morgan fingerprint density at radius 3 is 2.67 bits per heavy atom. The van der Waals surface area contributed by atoms with E-state index in [0.717, 1.165) is 15.7 Å². The third-order valence-corrected chi connectivity index (χ3v) is 5.55. The molecule has 2 aromatic carbocycles. The number of anilines is 1. The number of hydrogen-bond donors (Lipinski definition) is 1. The topological polar surface area (TPSA) is 99.3 Å². The lowest BCUT2D eigenvalue weighted by atomic mass is 10.2. The minimum absolute atomic E-state index is 0.157. The summed E-state index contributed by atoms with van der Waals surface area (Å²) in [5.41, 5.74) is 1.80. The first kappa shape index (κ1) is 21.8. The molecule has 1 aromatic heterocycles. The van der Waals surface area contributed by atoms with Gasteiger partial charge < -0.3 is 10.1 Å². The number of carbonyl (C=O) groups is 1. The smallest absolute Gasteiger partial charge is 0.275 e. The molecule has 0 radical (unpaired) electrons. The number of nitrogens with zero attached hydrogens (tertiary/aromatic N) is 3. The Morgan fingerprint density at radius 2 is 2.03 bits per heavy atom. The molecule has 0 saturated heterocycles. The third-order valence-electron chi connectivity index (χ3n) is 4.34. The van der Waals surface area contributed by atoms with Crippen LogP contribution in [0.5, 0.6) is 11.5 Å². The zero-order valence-electron chi connectivity index (χ0n) is 16.2. The molecule has 1 N–H and O–H groups in total. The van der Waals surface area contributed by atoms with Gasteiger partial charge in [-0.2, -0.15) is 5.10 Å². The number of rotatable bonds is 7. The summed E-state index contributed by atoms with van der Waals surface area (Å²) >= 11 is 9.39. The fourth-order valence-corrected chi connectivity index (χ4v) is 3.13. The van der Waals surface area contributed by atoms with E-state index in [4.69, 9.17) is 16.3 Å². The van der Waals surface area contributed by atoms with E-state index in [1.165, 1.54) is 18.2 Å². The summed E-state index contributed by atoms with van der Waals surface area (Å²) in [6, 6.07) is 9.19. The first-order valence-electron chi connectivity index (χ1n) is 8.94. The molecule has 0 unspecified atom stereocenters. The van der Waals surface area contributed by atoms with Crippen molar-refractivity contribution in [2.75, 3.05) is 5.32 Å². The van der Waals surface area contributed by atoms with Crippen LogP contribution in [-0.2, 0) is 11.3 Å². The van der Waals surface area contributed by atoms with Gasteiger partial charge >= 0.3 is 0 Å². The van der Waals surface area contributed by atoms with Crippen molar-refractivity contribution in [3.8, 4) is 11.5 Å². The van der Waals surface area contributed by atoms with E-state index >= 15 is 0 Å². The van der Waals surface area contributed by atoms with Crippen LogP contribution < -0.4 is 10.1 Å². The lowest BCUT2D eigenvalue weighted by molar-refractivity contribution is -0.384. The summed E-state index contributed by atoms with van der Waals surface area (Å²) < 4.78 is 8.31. The molecule has 0 aliphatic rings. The number of non-ortho nitro benzene ring substituents is 1. The molecule has 3 rings (SSSR count). The van der Waals surface area contributed by atoms with Crippen molar-refractivity contribution < 1.29 is 14.5 Å². The van der Waals surface area contributed by atoms with E-state index in [0.29, 0.717) is 17.3 Å². The molecule has 30 heavy (non-hydrogen) atoms. The zero-order chi connectivity index (χ0) is 21.8. The van der Waals surface area contributed by atoms with Crippen LogP contribution in [0.15, 0.2) is 47.1 Å². The average molecular weight is 494 g/mol. The number of carbonyl (C=O) groups excluding carboxylic acids is 1. The van der Waals surface area contributed by atoms with E-state index in [9.17, 15) is 14.9 Å². The molecule has 0 atom stereocenters. The fourth-order valence-electron chi connectivity index (χ4n) is 2.72. The number of halogens is 2. The maximum absolute atomic E-state index is 12.3. The van der Waals surface area contributed by atoms with Gasteiger partial charge in [-0.15, -0.1) is 0 Å². The molecule has 0 bridgehead atoms. The molecule has 0 spiro atoms. The first-order chi connectivity index (χ1) is 14.2. The predicted octanol–water partition coefficient (Wildman–Crippen LogP) is 5.65. The fraction of sp³-hybridized carbons (Fsp3) is 0.200. The number of nitrogens with one attached hydrogen (secondary N) is 1. The van der Waals surface area contributed by atoms with Crippen LogP contribution in [0.4, 0.5) is 11.4 Å². The Bertz CT molecular complexity index is 1120. The Hall–Kier alpha value is -2.91. The van der Waals surface area contributed by atoms with E-state index in [1.807, 2.05) is 13.8 Å². The lowest BCUT2D eigenvalue weighted by Gasteiger charge is -2.11. The first-order valence-corrected chi connectivity index (χ1v) is 10.1. The molecule has 0 saturated carbocycles. The summed E-state index contributed by atoms with van der Waals surface area (Å²) in [4.78, 5) is 23.1. The molecule has 8 nitrogen and oxygen atoms in total. The highest BCUT2D eigenvalue weighted by molar-refractivity contribution is 9.10. The van der Waals surface area contributed by atoms with Crippen LogP contribution in [0.3, 0.4) is 0 Å². The SMILES string of the molecule is Cc1cc(Oc2cc(NC(=O)CCn3ncc(Br)c3C)cc([N+](=O)[O-])c2)ccc1Cl. The molecular formula is C20H18BrClN4O4. The van der Waals surface area contributed by atoms with Gasteiger partial charge in [-0.25, -0.2) is 0 Å². The van der Waals surface area contributed by atoms with Gasteiger partial charge in [0.15, 0.2) is 0 Å². The zero-order valence-corrected chi connectivity index (χ0v) is 18.5. The van der Waals surface area contributed by atoms with Crippen LogP contribution in [-0.4, -0.2) is 20.6 Å². The van der Waals surface area contributed by atoms with Gasteiger partial charge in [-0.05, 0) is 53.5 Å². The molecule has 10 heteroatoms. The lowest BCUT2D eigenvalue weighted by Crippen LogP contribution is -2.15. The number of amides is 1. The van der Waals surface area contributed by atoms with Crippen LogP contribution in [0.1, 0.15) is 17.7 Å². The summed E-state index contributed by atoms with van der Waals surface area (Å²) in [6.07, 6.45) is 1.82. The van der Waals surface area contributed by atoms with Gasteiger partial charge in [0, 0.05) is 29.3 Å². The largest absolute Gasteiger partial charge is 0.457 e. The molecule has 0 aliphatic carbocycles. The molecular weight excluding hydrogens is 476 g/mol. The summed E-state index contributed by atoms with van der Waals surface area (Å²) in [5, 5.41) is 18.7. The Morgan fingerprint density at radius 1 is 1.27 bits per heavy atom. The average Bonchev–Trinajstić information content (AvgIpc) is 3.01. The molecule has 156 valence electrons. The van der Waals surface area contributed by atoms with Gasteiger partial charge in [-0.3, -0.25) is 19.6 Å². The quantitative estimate of drug-likeness (QED) is 0.339. The number of hydrogen-bond acceptors (Lipinski definition) is 5. The minimum atomic E-state index is -0.541. The van der Waals surface area contributed by atoms with Crippen LogP contribution >= 0.6 is 27.5 Å². The number of nitro groups is 1. The highest BCUT2D eigenvalue weighted by Crippen LogP contribution is 2.31. The number of ether oxygens (including phenoxy) is 1. The van der Waals surface area contributed by atoms with E-state index < -0.39 is 4.92 Å². The van der Waals surface area contributed by atoms with Crippen molar-refractivity contribution >= 4 is 44.8 Å². The molecule has 1 amide bonds. The van der Waals surface area contributed by atoms with Crippen molar-refractivity contribution in [3.63, 3.8) is 0 Å². The number of aryl methyl sites for hydroxylation is 2. The van der Waals surface area contributed by atoms with Crippen molar-refractivity contribution in [1.29, 1.82) is 0 Å². The maximum Gasteiger partial charge on any atom is 0.275 e. The Kier molecular flexibility index (Phi) is 6.73. The van der Waals surface area contributed by atoms with Crippen molar-refractivity contribution in [2.24, 2.45) is 0 Å². The second kappa shape index (κ2) is 9.27. The van der Waals surface area contributed by atoms with E-state index in [1.54, 1.807) is 29.1 Å². The van der Waals surface area contributed by atoms with Gasteiger partial charge in [-0.1, -0.05) is 11.6 Å². The van der Waals surface area contributed by atoms with Crippen LogP contribution in [0.2, 0.25) is 5.02 Å². The van der Waals surface area contributed by atoms with Crippen LogP contribution in [0.25, 0.3) is 0 Å². The Balaban J connectivity index is 1.74. The van der Waals surface area contributed by atoms with Crippen LogP contribution in [0, 0.1) is 24.0 Å². The summed E-state index contributed by atoms with van der Waals surface area (Å²) in [7, 11) is 0. The number of benzene rings is 2. The van der Waals surface area contributed by atoms with E-state index in [-0.39, 0.29) is 29.5 Å². The van der Waals surface area contributed by atoms with Crippen molar-refractivity contribution in [2.45, 2.75) is 26.8 Å². The monoisotopic (exact) mass is 492 g/mol. The third kappa shape index (κ3) is 5.37. The number of aromatic nitrogens is 2. The van der Waals surface area contributed by atoms with E-state index in [2.05, 4.69) is 26.3 Å². The second-order valence-corrected chi connectivity index (χ2v) is 7.85. The van der Waals surface area contributed by atoms with Crippen molar-refractivity contribution in [1.82, 2.24) is 9.78 Å². The molecule has 0 fully saturated rings. The summed E-state index contributed by atoms with van der Waals surface area (Å²) in [6.45, 7) is 4.09. The standard InChI is InChI=1S/C20H18BrClN4O4/c1-12-7-16(3-4-19(12)22)30-17-9-14(8-15(10-17)26(28)29)24-20(27)5-6-25-13(2)18(21)11-23-25/h3-4,7-11H,5-6H2,1-2H3,(H,24,27). The second-order valence-electron chi connectivity index (χ2n) is 6.58. The number of nitro benzene ring substituents is 1. The molecule has 3 aromatic rings. The molecule has 1 heterocycles. The highest BCUT2D eigenvalue weighted by atomic mass is 79.9. The van der Waals surface area contributed by atoms with Gasteiger partial charge in [0.1, 0.15) is 11.5 Å². The van der Waals surface area contributed by atoms with Gasteiger partial charge in [0.05, 0.1) is 33.9 Å². The summed E-state index contributed by atoms with van der Waals surface area (Å²) in [5.74, 6) is 0.414. The highest BCUT2D eigenvalue weighted by Gasteiger charge is 2.14. The predicted molar refractivity (Wildman–Crippen MR) is 117 cm³/mol. The maximum atomic E-state index is 12.3. The molecule has 0 aliphatic heterocycles. The minimum Gasteiger partial charge on any atom is -0.457 e. The Labute approximate surface area is 186 Å². The normalized spacial score (nSPS) is 10.7.